The lowest BCUT2D eigenvalue weighted by Crippen LogP contribution is -2.16. The predicted octanol–water partition coefficient (Wildman–Crippen LogP) is 3.68. The third kappa shape index (κ3) is 3.84. The van der Waals surface area contributed by atoms with Crippen LogP contribution in [-0.4, -0.2) is 25.9 Å². The van der Waals surface area contributed by atoms with Crippen LogP contribution < -0.4 is 5.32 Å². The number of benzene rings is 1. The molecule has 6 nitrogen and oxygen atoms in total. The van der Waals surface area contributed by atoms with Gasteiger partial charge in [-0.1, -0.05) is 37.3 Å². The van der Waals surface area contributed by atoms with Crippen molar-refractivity contribution in [1.29, 1.82) is 0 Å². The number of rotatable bonds is 6. The smallest absolute Gasteiger partial charge is 0.224 e. The molecule has 1 amide bonds. The molecule has 1 N–H and O–H groups in total. The number of carbonyl (C=O) groups excluding carboxylic acids is 1. The van der Waals surface area contributed by atoms with Gasteiger partial charge >= 0.3 is 0 Å². The number of aromatic nitrogens is 4. The Morgan fingerprint density at radius 2 is 2.08 bits per heavy atom. The van der Waals surface area contributed by atoms with Crippen LogP contribution in [0.25, 0.3) is 10.9 Å². The molecule has 0 aliphatic carbocycles. The van der Waals surface area contributed by atoms with Crippen molar-refractivity contribution in [2.45, 2.75) is 46.1 Å². The summed E-state index contributed by atoms with van der Waals surface area (Å²) >= 11 is 0. The summed E-state index contributed by atoms with van der Waals surface area (Å²) in [4.78, 5) is 17.2. The molecule has 25 heavy (non-hydrogen) atoms. The molecule has 0 aliphatic heterocycles. The van der Waals surface area contributed by atoms with E-state index in [1.165, 1.54) is 0 Å². The lowest BCUT2D eigenvalue weighted by atomic mass is 9.96. The Labute approximate surface area is 147 Å². The minimum Gasteiger partial charge on any atom is -0.325 e. The van der Waals surface area contributed by atoms with Crippen molar-refractivity contribution < 1.29 is 4.79 Å². The third-order valence-electron chi connectivity index (χ3n) is 4.23. The maximum Gasteiger partial charge on any atom is 0.224 e. The highest BCUT2D eigenvalue weighted by Gasteiger charge is 2.17. The summed E-state index contributed by atoms with van der Waals surface area (Å²) in [6.45, 7) is 6.93. The molecule has 3 rings (SSSR count). The number of amides is 1. The van der Waals surface area contributed by atoms with Gasteiger partial charge < -0.3 is 5.32 Å². The molecule has 3 aromatic rings. The van der Waals surface area contributed by atoms with Gasteiger partial charge in [0.1, 0.15) is 0 Å². The third-order valence-corrected chi connectivity index (χ3v) is 4.23. The lowest BCUT2D eigenvalue weighted by Gasteiger charge is -2.19. The highest BCUT2D eigenvalue weighted by molar-refractivity contribution is 6.02. The second-order valence-corrected chi connectivity index (χ2v) is 6.48. The van der Waals surface area contributed by atoms with Gasteiger partial charge in [0, 0.05) is 35.8 Å². The van der Waals surface area contributed by atoms with E-state index in [-0.39, 0.29) is 11.8 Å². The average Bonchev–Trinajstić information content (AvgIpc) is 3.07. The number of fused-ring (bicyclic) bond motifs is 1. The van der Waals surface area contributed by atoms with Gasteiger partial charge in [-0.25, -0.2) is 0 Å². The van der Waals surface area contributed by atoms with E-state index < -0.39 is 0 Å². The fraction of sp³-hybridized carbons (Fsp3) is 0.368. The molecule has 0 spiro atoms. The average molecular weight is 337 g/mol. The maximum absolute atomic E-state index is 12.5. The summed E-state index contributed by atoms with van der Waals surface area (Å²) in [7, 11) is 0. The first-order chi connectivity index (χ1) is 12.1. The fourth-order valence-electron chi connectivity index (χ4n) is 3.15. The van der Waals surface area contributed by atoms with Crippen molar-refractivity contribution in [2.75, 3.05) is 5.32 Å². The summed E-state index contributed by atoms with van der Waals surface area (Å²) in [5.74, 6) is 0.292. The number of pyridine rings is 1. The van der Waals surface area contributed by atoms with Gasteiger partial charge in [-0.2, -0.15) is 0 Å². The number of anilines is 1. The number of para-hydroxylation sites is 1. The molecule has 0 atom stereocenters. The van der Waals surface area contributed by atoms with Gasteiger partial charge in [-0.05, 0) is 25.3 Å². The Balaban J connectivity index is 1.81. The van der Waals surface area contributed by atoms with Gasteiger partial charge in [-0.3, -0.25) is 14.5 Å². The predicted molar refractivity (Wildman–Crippen MR) is 98.5 cm³/mol. The van der Waals surface area contributed by atoms with E-state index in [0.29, 0.717) is 19.4 Å². The second-order valence-electron chi connectivity index (χ2n) is 6.48. The Bertz CT molecular complexity index is 871. The minimum atomic E-state index is 0.0118. The standard InChI is InChI=1S/C19H23N5O/c1-13(2)18-14(3)21-16-8-5-4-7-15(16)19(18)22-17(25)9-6-11-24-12-10-20-23-24/h4-5,7-8,10,12-13H,6,9,11H2,1-3H3,(H,21,22,25). The molecule has 0 unspecified atom stereocenters. The zero-order chi connectivity index (χ0) is 17.8. The summed E-state index contributed by atoms with van der Waals surface area (Å²) < 4.78 is 1.73. The summed E-state index contributed by atoms with van der Waals surface area (Å²) in [5.41, 5.74) is 3.86. The van der Waals surface area contributed by atoms with Gasteiger partial charge in [0.2, 0.25) is 5.91 Å². The van der Waals surface area contributed by atoms with Gasteiger partial charge in [0.15, 0.2) is 0 Å². The van der Waals surface area contributed by atoms with Gasteiger partial charge in [0.25, 0.3) is 0 Å². The van der Waals surface area contributed by atoms with Gasteiger partial charge in [-0.15, -0.1) is 5.10 Å². The Morgan fingerprint density at radius 3 is 2.80 bits per heavy atom. The number of nitrogens with zero attached hydrogens (tertiary/aromatic N) is 4. The molecular weight excluding hydrogens is 314 g/mol. The van der Waals surface area contributed by atoms with E-state index in [2.05, 4.69) is 29.5 Å². The fourth-order valence-corrected chi connectivity index (χ4v) is 3.15. The quantitative estimate of drug-likeness (QED) is 0.745. The monoisotopic (exact) mass is 337 g/mol. The minimum absolute atomic E-state index is 0.0118. The van der Waals surface area contributed by atoms with Crippen molar-refractivity contribution in [3.63, 3.8) is 0 Å². The largest absolute Gasteiger partial charge is 0.325 e. The van der Waals surface area contributed by atoms with E-state index in [1.54, 1.807) is 17.1 Å². The maximum atomic E-state index is 12.5. The van der Waals surface area contributed by atoms with Crippen molar-refractivity contribution in [3.8, 4) is 0 Å². The zero-order valence-electron chi connectivity index (χ0n) is 14.9. The van der Waals surface area contributed by atoms with Crippen LogP contribution >= 0.6 is 0 Å². The molecule has 0 aliphatic rings. The molecule has 6 heteroatoms. The molecule has 0 fully saturated rings. The van der Waals surface area contributed by atoms with Gasteiger partial charge in [0.05, 0.1) is 17.4 Å². The van der Waals surface area contributed by atoms with E-state index >= 15 is 0 Å². The molecule has 1 aromatic carbocycles. The highest BCUT2D eigenvalue weighted by Crippen LogP contribution is 2.33. The van der Waals surface area contributed by atoms with Crippen LogP contribution in [0, 0.1) is 6.92 Å². The molecular formula is C19H23N5O. The normalized spacial score (nSPS) is 11.2. The van der Waals surface area contributed by atoms with E-state index in [1.807, 2.05) is 31.2 Å². The molecule has 0 bridgehead atoms. The topological polar surface area (TPSA) is 72.7 Å². The van der Waals surface area contributed by atoms with Crippen molar-refractivity contribution in [3.05, 3.63) is 47.9 Å². The van der Waals surface area contributed by atoms with Crippen LogP contribution in [0.2, 0.25) is 0 Å². The summed E-state index contributed by atoms with van der Waals surface area (Å²) in [6, 6.07) is 7.93. The molecule has 0 saturated heterocycles. The van der Waals surface area contributed by atoms with E-state index in [0.717, 1.165) is 27.8 Å². The molecule has 0 radical (unpaired) electrons. The summed E-state index contributed by atoms with van der Waals surface area (Å²) in [6.07, 6.45) is 4.59. The van der Waals surface area contributed by atoms with E-state index in [4.69, 9.17) is 4.98 Å². The van der Waals surface area contributed by atoms with Crippen LogP contribution in [0.4, 0.5) is 5.69 Å². The molecule has 2 aromatic heterocycles. The Morgan fingerprint density at radius 1 is 1.28 bits per heavy atom. The number of hydrogen-bond donors (Lipinski definition) is 1. The van der Waals surface area contributed by atoms with Crippen LogP contribution in [0.15, 0.2) is 36.7 Å². The second kappa shape index (κ2) is 7.42. The molecule has 0 saturated carbocycles. The first-order valence-electron chi connectivity index (χ1n) is 8.59. The zero-order valence-corrected chi connectivity index (χ0v) is 14.9. The van der Waals surface area contributed by atoms with Crippen LogP contribution in [0.5, 0.6) is 0 Å². The number of hydrogen-bond acceptors (Lipinski definition) is 4. The number of carbonyl (C=O) groups is 1. The molecule has 130 valence electrons. The first-order valence-corrected chi connectivity index (χ1v) is 8.59. The van der Waals surface area contributed by atoms with Crippen LogP contribution in [-0.2, 0) is 11.3 Å². The van der Waals surface area contributed by atoms with Crippen molar-refractivity contribution in [1.82, 2.24) is 20.0 Å². The van der Waals surface area contributed by atoms with E-state index in [9.17, 15) is 4.79 Å². The Hall–Kier alpha value is -2.76. The summed E-state index contributed by atoms with van der Waals surface area (Å²) in [5, 5.41) is 11.8. The SMILES string of the molecule is Cc1nc2ccccc2c(NC(=O)CCCn2ccnn2)c1C(C)C. The first kappa shape index (κ1) is 17.1. The molecule has 2 heterocycles. The van der Waals surface area contributed by atoms with Crippen molar-refractivity contribution in [2.24, 2.45) is 0 Å². The Kier molecular flexibility index (Phi) is 5.07. The number of nitrogens with one attached hydrogen (secondary N) is 1. The van der Waals surface area contributed by atoms with Crippen LogP contribution in [0.1, 0.15) is 43.9 Å². The highest BCUT2D eigenvalue weighted by atomic mass is 16.1. The van der Waals surface area contributed by atoms with Crippen LogP contribution in [0.3, 0.4) is 0 Å². The lowest BCUT2D eigenvalue weighted by molar-refractivity contribution is -0.116. The van der Waals surface area contributed by atoms with Crippen molar-refractivity contribution >= 4 is 22.5 Å². The number of aryl methyl sites for hydroxylation is 2.